The Hall–Kier alpha value is -1.69. The van der Waals surface area contributed by atoms with Crippen molar-refractivity contribution in [1.29, 1.82) is 0 Å². The van der Waals surface area contributed by atoms with E-state index in [1.807, 2.05) is 0 Å². The highest BCUT2D eigenvalue weighted by Crippen LogP contribution is 2.27. The van der Waals surface area contributed by atoms with Crippen LogP contribution < -0.4 is 10.6 Å². The molecule has 1 amide bonds. The molecule has 0 aliphatic carbocycles. The number of carbonyl (C=O) groups excluding carboxylic acids is 1. The first-order chi connectivity index (χ1) is 9.74. The van der Waals surface area contributed by atoms with Gasteiger partial charge in [-0.25, -0.2) is 9.97 Å². The second-order valence-electron chi connectivity index (χ2n) is 5.53. The van der Waals surface area contributed by atoms with Gasteiger partial charge in [0.15, 0.2) is 0 Å². The number of anilines is 1. The van der Waals surface area contributed by atoms with E-state index >= 15 is 0 Å². The van der Waals surface area contributed by atoms with E-state index in [4.69, 9.17) is 10.5 Å². The number of nitrogens with two attached hydrogens (primary N) is 1. The number of piperidine rings is 1. The lowest BCUT2D eigenvalue weighted by atomic mass is 9.96. The summed E-state index contributed by atoms with van der Waals surface area (Å²) in [6, 6.07) is 2.06. The standard InChI is InChI=1S/C14H20N4O2/c15-14(19)10-1-4-18(5-2-10)13-7-12(16-9-17-13)11-3-6-20-8-11/h7,9-11H,1-6,8H2,(H2,15,19)/t11-/m0/s1. The van der Waals surface area contributed by atoms with E-state index in [0.29, 0.717) is 5.92 Å². The summed E-state index contributed by atoms with van der Waals surface area (Å²) in [7, 11) is 0. The molecule has 2 aliphatic rings. The van der Waals surface area contributed by atoms with Crippen molar-refractivity contribution in [3.05, 3.63) is 18.1 Å². The van der Waals surface area contributed by atoms with E-state index in [-0.39, 0.29) is 11.8 Å². The maximum absolute atomic E-state index is 11.2. The largest absolute Gasteiger partial charge is 0.381 e. The van der Waals surface area contributed by atoms with Gasteiger partial charge < -0.3 is 15.4 Å². The molecule has 2 fully saturated rings. The fraction of sp³-hybridized carbons (Fsp3) is 0.643. The summed E-state index contributed by atoms with van der Waals surface area (Å²) in [6.45, 7) is 3.21. The van der Waals surface area contributed by atoms with Crippen LogP contribution in [0.5, 0.6) is 0 Å². The van der Waals surface area contributed by atoms with E-state index in [9.17, 15) is 4.79 Å². The first-order valence-corrected chi connectivity index (χ1v) is 7.18. The molecule has 0 aromatic carbocycles. The molecule has 0 radical (unpaired) electrons. The van der Waals surface area contributed by atoms with Crippen LogP contribution >= 0.6 is 0 Å². The molecule has 20 heavy (non-hydrogen) atoms. The molecule has 108 valence electrons. The predicted molar refractivity (Wildman–Crippen MR) is 74.3 cm³/mol. The van der Waals surface area contributed by atoms with Crippen LogP contribution in [0.3, 0.4) is 0 Å². The van der Waals surface area contributed by atoms with Crippen molar-refractivity contribution in [3.63, 3.8) is 0 Å². The van der Waals surface area contributed by atoms with Gasteiger partial charge in [0.1, 0.15) is 12.1 Å². The SMILES string of the molecule is NC(=O)C1CCN(c2cc([C@H]3CCOC3)ncn2)CC1. The number of aromatic nitrogens is 2. The second-order valence-corrected chi connectivity index (χ2v) is 5.53. The van der Waals surface area contributed by atoms with Gasteiger partial charge in [-0.15, -0.1) is 0 Å². The summed E-state index contributed by atoms with van der Waals surface area (Å²) in [4.78, 5) is 22.1. The zero-order valence-corrected chi connectivity index (χ0v) is 11.5. The Morgan fingerprint density at radius 3 is 2.75 bits per heavy atom. The molecule has 0 saturated carbocycles. The minimum atomic E-state index is -0.184. The highest BCUT2D eigenvalue weighted by Gasteiger charge is 2.25. The fourth-order valence-corrected chi connectivity index (χ4v) is 2.92. The topological polar surface area (TPSA) is 81.3 Å². The quantitative estimate of drug-likeness (QED) is 0.878. The van der Waals surface area contributed by atoms with Crippen LogP contribution in [0.15, 0.2) is 12.4 Å². The van der Waals surface area contributed by atoms with Crippen molar-refractivity contribution in [2.24, 2.45) is 11.7 Å². The van der Waals surface area contributed by atoms with Gasteiger partial charge in [0, 0.05) is 37.6 Å². The molecule has 2 N–H and O–H groups in total. The number of ether oxygens (including phenoxy) is 1. The molecule has 1 aromatic rings. The molecule has 2 aliphatic heterocycles. The molecule has 0 bridgehead atoms. The highest BCUT2D eigenvalue weighted by atomic mass is 16.5. The monoisotopic (exact) mass is 276 g/mol. The van der Waals surface area contributed by atoms with Crippen LogP contribution in [-0.2, 0) is 9.53 Å². The van der Waals surface area contributed by atoms with Crippen molar-refractivity contribution in [3.8, 4) is 0 Å². The van der Waals surface area contributed by atoms with E-state index in [1.54, 1.807) is 6.33 Å². The minimum Gasteiger partial charge on any atom is -0.381 e. The number of amides is 1. The lowest BCUT2D eigenvalue weighted by molar-refractivity contribution is -0.122. The molecule has 1 atom stereocenters. The van der Waals surface area contributed by atoms with Crippen LogP contribution in [0.1, 0.15) is 30.9 Å². The molecule has 2 saturated heterocycles. The number of rotatable bonds is 3. The Balaban J connectivity index is 1.68. The molecular weight excluding hydrogens is 256 g/mol. The van der Waals surface area contributed by atoms with Crippen molar-refractivity contribution < 1.29 is 9.53 Å². The summed E-state index contributed by atoms with van der Waals surface area (Å²) in [5.41, 5.74) is 6.42. The molecule has 3 heterocycles. The summed E-state index contributed by atoms with van der Waals surface area (Å²) in [6.07, 6.45) is 4.27. The van der Waals surface area contributed by atoms with Crippen molar-refractivity contribution in [2.45, 2.75) is 25.2 Å². The van der Waals surface area contributed by atoms with E-state index in [0.717, 1.165) is 57.1 Å². The molecule has 6 heteroatoms. The highest BCUT2D eigenvalue weighted by molar-refractivity contribution is 5.76. The molecule has 3 rings (SSSR count). The fourth-order valence-electron chi connectivity index (χ4n) is 2.92. The zero-order chi connectivity index (χ0) is 13.9. The minimum absolute atomic E-state index is 0.00999. The van der Waals surface area contributed by atoms with Crippen molar-refractivity contribution >= 4 is 11.7 Å². The van der Waals surface area contributed by atoms with Crippen molar-refractivity contribution in [1.82, 2.24) is 9.97 Å². The predicted octanol–water partition coefficient (Wildman–Crippen LogP) is 0.682. The van der Waals surface area contributed by atoms with Gasteiger partial charge >= 0.3 is 0 Å². The number of primary amides is 1. The van der Waals surface area contributed by atoms with Gasteiger partial charge in [-0.3, -0.25) is 4.79 Å². The normalized spacial score (nSPS) is 24.0. The Bertz CT molecular complexity index is 480. The maximum Gasteiger partial charge on any atom is 0.220 e. The molecule has 6 nitrogen and oxygen atoms in total. The molecule has 0 unspecified atom stereocenters. The van der Waals surface area contributed by atoms with Crippen LogP contribution in [0, 0.1) is 5.92 Å². The Kier molecular flexibility index (Phi) is 3.82. The Morgan fingerprint density at radius 2 is 2.10 bits per heavy atom. The van der Waals surface area contributed by atoms with Gasteiger partial charge in [-0.1, -0.05) is 0 Å². The van der Waals surface area contributed by atoms with Crippen LogP contribution in [0.4, 0.5) is 5.82 Å². The van der Waals surface area contributed by atoms with Gasteiger partial charge in [0.25, 0.3) is 0 Å². The first-order valence-electron chi connectivity index (χ1n) is 7.18. The number of hydrogen-bond donors (Lipinski definition) is 1. The molecule has 1 aromatic heterocycles. The smallest absolute Gasteiger partial charge is 0.220 e. The van der Waals surface area contributed by atoms with E-state index in [1.165, 1.54) is 0 Å². The number of carbonyl (C=O) groups is 1. The summed E-state index contributed by atoms with van der Waals surface area (Å²) in [5, 5.41) is 0. The van der Waals surface area contributed by atoms with Crippen LogP contribution in [0.25, 0.3) is 0 Å². The zero-order valence-electron chi connectivity index (χ0n) is 11.5. The summed E-state index contributed by atoms with van der Waals surface area (Å²) < 4.78 is 5.41. The van der Waals surface area contributed by atoms with Crippen LogP contribution in [-0.4, -0.2) is 42.2 Å². The lowest BCUT2D eigenvalue weighted by Crippen LogP contribution is -2.39. The van der Waals surface area contributed by atoms with Crippen molar-refractivity contribution in [2.75, 3.05) is 31.2 Å². The Labute approximate surface area is 118 Å². The molecular formula is C14H20N4O2. The average Bonchev–Trinajstić information content (AvgIpc) is 3.02. The summed E-state index contributed by atoms with van der Waals surface area (Å²) in [5.74, 6) is 1.16. The number of nitrogens with zero attached hydrogens (tertiary/aromatic N) is 3. The van der Waals surface area contributed by atoms with Crippen LogP contribution in [0.2, 0.25) is 0 Å². The summed E-state index contributed by atoms with van der Waals surface area (Å²) >= 11 is 0. The van der Waals surface area contributed by atoms with Gasteiger partial charge in [0.2, 0.25) is 5.91 Å². The maximum atomic E-state index is 11.2. The lowest BCUT2D eigenvalue weighted by Gasteiger charge is -2.31. The third-order valence-corrected chi connectivity index (χ3v) is 4.24. The van der Waals surface area contributed by atoms with E-state index < -0.39 is 0 Å². The van der Waals surface area contributed by atoms with Gasteiger partial charge in [-0.2, -0.15) is 0 Å². The third-order valence-electron chi connectivity index (χ3n) is 4.24. The number of hydrogen-bond acceptors (Lipinski definition) is 5. The first kappa shape index (κ1) is 13.3. The molecule has 0 spiro atoms. The Morgan fingerprint density at radius 1 is 1.30 bits per heavy atom. The van der Waals surface area contributed by atoms with Gasteiger partial charge in [-0.05, 0) is 19.3 Å². The third kappa shape index (κ3) is 2.75. The second kappa shape index (κ2) is 5.75. The van der Waals surface area contributed by atoms with E-state index in [2.05, 4.69) is 20.9 Å². The van der Waals surface area contributed by atoms with Gasteiger partial charge in [0.05, 0.1) is 12.3 Å². The average molecular weight is 276 g/mol.